The average Bonchev–Trinajstić information content (AvgIpc) is 2.24. The molecule has 0 fully saturated rings. The van der Waals surface area contributed by atoms with Crippen molar-refractivity contribution in [3.8, 4) is 0 Å². The van der Waals surface area contributed by atoms with E-state index >= 15 is 0 Å². The molecule has 0 heterocycles. The topological polar surface area (TPSA) is 66.4 Å². The Hall–Kier alpha value is -2.10. The van der Waals surface area contributed by atoms with Crippen LogP contribution in [0.2, 0.25) is 0 Å². The zero-order chi connectivity index (χ0) is 12.0. The van der Waals surface area contributed by atoms with Crippen LogP contribution >= 0.6 is 0 Å². The summed E-state index contributed by atoms with van der Waals surface area (Å²) in [4.78, 5) is 21.3. The van der Waals surface area contributed by atoms with Crippen molar-refractivity contribution in [3.05, 3.63) is 42.0 Å². The molecule has 0 unspecified atom stereocenters. The van der Waals surface area contributed by atoms with Crippen LogP contribution in [0.25, 0.3) is 0 Å². The fourth-order valence-corrected chi connectivity index (χ4v) is 1.18. The van der Waals surface area contributed by atoms with Crippen LogP contribution in [-0.4, -0.2) is 23.4 Å². The molecule has 0 aliphatic carbocycles. The molecule has 0 aliphatic heterocycles. The van der Waals surface area contributed by atoms with Gasteiger partial charge in [0.05, 0.1) is 0 Å². The largest absolute Gasteiger partial charge is 0.478 e. The molecule has 4 heteroatoms. The van der Waals surface area contributed by atoms with E-state index in [9.17, 15) is 9.59 Å². The second-order valence-electron chi connectivity index (χ2n) is 3.26. The Labute approximate surface area is 93.6 Å². The van der Waals surface area contributed by atoms with Gasteiger partial charge in [0.1, 0.15) is 0 Å². The van der Waals surface area contributed by atoms with Gasteiger partial charge in [0.2, 0.25) is 0 Å². The summed E-state index contributed by atoms with van der Waals surface area (Å²) < 4.78 is 0. The van der Waals surface area contributed by atoms with Crippen LogP contribution in [0.15, 0.2) is 36.4 Å². The Kier molecular flexibility index (Phi) is 4.27. The molecule has 4 nitrogen and oxygen atoms in total. The van der Waals surface area contributed by atoms with Crippen molar-refractivity contribution in [2.45, 2.75) is 6.92 Å². The maximum atomic E-state index is 11.1. The van der Waals surface area contributed by atoms with E-state index in [1.807, 2.05) is 6.07 Å². The molecule has 0 saturated heterocycles. The van der Waals surface area contributed by atoms with Gasteiger partial charge in [0, 0.05) is 23.9 Å². The first-order valence-electron chi connectivity index (χ1n) is 4.84. The summed E-state index contributed by atoms with van der Waals surface area (Å²) in [6, 6.07) is 7.07. The van der Waals surface area contributed by atoms with E-state index in [0.717, 1.165) is 11.8 Å². The first-order chi connectivity index (χ1) is 7.59. The first-order valence-corrected chi connectivity index (χ1v) is 4.84. The van der Waals surface area contributed by atoms with E-state index < -0.39 is 5.97 Å². The predicted octanol–water partition coefficient (Wildman–Crippen LogP) is 1.94. The summed E-state index contributed by atoms with van der Waals surface area (Å²) in [5.74, 6) is -0.969. The molecule has 16 heavy (non-hydrogen) atoms. The fraction of sp³-hybridized carbons (Fsp3) is 0.167. The first kappa shape index (κ1) is 12.0. The Morgan fingerprint density at radius 3 is 2.81 bits per heavy atom. The van der Waals surface area contributed by atoms with Crippen molar-refractivity contribution >= 4 is 17.4 Å². The Bertz CT molecular complexity index is 424. The van der Waals surface area contributed by atoms with Crippen molar-refractivity contribution in [1.29, 1.82) is 0 Å². The summed E-state index contributed by atoms with van der Waals surface area (Å²) in [5.41, 5.74) is 1.43. The van der Waals surface area contributed by atoms with Crippen molar-refractivity contribution in [2.75, 3.05) is 11.9 Å². The number of aliphatic carboxylic acids is 1. The molecule has 0 amide bonds. The predicted molar refractivity (Wildman–Crippen MR) is 61.7 cm³/mol. The third-order valence-corrected chi connectivity index (χ3v) is 1.95. The van der Waals surface area contributed by atoms with Gasteiger partial charge in [-0.1, -0.05) is 18.2 Å². The van der Waals surface area contributed by atoms with E-state index in [1.54, 1.807) is 18.2 Å². The average molecular weight is 219 g/mol. The molecule has 0 aliphatic rings. The van der Waals surface area contributed by atoms with Crippen LogP contribution < -0.4 is 5.32 Å². The molecule has 0 radical (unpaired) electrons. The Morgan fingerprint density at radius 2 is 2.19 bits per heavy atom. The molecule has 1 aromatic carbocycles. The van der Waals surface area contributed by atoms with Gasteiger partial charge in [-0.3, -0.25) is 4.79 Å². The normalized spacial score (nSPS) is 10.3. The summed E-state index contributed by atoms with van der Waals surface area (Å²) in [5, 5.41) is 11.4. The second kappa shape index (κ2) is 5.70. The van der Waals surface area contributed by atoms with E-state index in [0.29, 0.717) is 12.1 Å². The van der Waals surface area contributed by atoms with Gasteiger partial charge in [0.15, 0.2) is 5.78 Å². The van der Waals surface area contributed by atoms with E-state index in [2.05, 4.69) is 5.32 Å². The van der Waals surface area contributed by atoms with Gasteiger partial charge in [0.25, 0.3) is 0 Å². The number of carboxylic acid groups (broad SMARTS) is 1. The van der Waals surface area contributed by atoms with Gasteiger partial charge in [-0.15, -0.1) is 0 Å². The number of rotatable bonds is 5. The highest BCUT2D eigenvalue weighted by Crippen LogP contribution is 2.10. The third-order valence-electron chi connectivity index (χ3n) is 1.95. The van der Waals surface area contributed by atoms with Gasteiger partial charge >= 0.3 is 5.97 Å². The number of benzene rings is 1. The smallest absolute Gasteiger partial charge is 0.328 e. The number of hydrogen-bond donors (Lipinski definition) is 2. The fourth-order valence-electron chi connectivity index (χ4n) is 1.18. The van der Waals surface area contributed by atoms with Gasteiger partial charge in [-0.05, 0) is 19.1 Å². The van der Waals surface area contributed by atoms with Crippen molar-refractivity contribution < 1.29 is 14.7 Å². The van der Waals surface area contributed by atoms with E-state index in [-0.39, 0.29) is 5.78 Å². The molecule has 84 valence electrons. The number of hydrogen-bond acceptors (Lipinski definition) is 3. The number of nitrogens with one attached hydrogen (secondary N) is 1. The summed E-state index contributed by atoms with van der Waals surface area (Å²) >= 11 is 0. The van der Waals surface area contributed by atoms with Crippen LogP contribution in [0.3, 0.4) is 0 Å². The summed E-state index contributed by atoms with van der Waals surface area (Å²) in [6.07, 6.45) is 2.57. The van der Waals surface area contributed by atoms with Gasteiger partial charge < -0.3 is 10.4 Å². The third kappa shape index (κ3) is 3.96. The zero-order valence-electron chi connectivity index (χ0n) is 8.93. The summed E-state index contributed by atoms with van der Waals surface area (Å²) in [7, 11) is 0. The van der Waals surface area contributed by atoms with Crippen LogP contribution in [-0.2, 0) is 4.79 Å². The number of anilines is 1. The molecule has 0 atom stereocenters. The van der Waals surface area contributed by atoms with Crippen LogP contribution in [0.5, 0.6) is 0 Å². The monoisotopic (exact) mass is 219 g/mol. The maximum absolute atomic E-state index is 11.1. The molecule has 1 rings (SSSR count). The summed E-state index contributed by atoms with van der Waals surface area (Å²) in [6.45, 7) is 1.91. The maximum Gasteiger partial charge on any atom is 0.328 e. The highest BCUT2D eigenvalue weighted by atomic mass is 16.4. The lowest BCUT2D eigenvalue weighted by molar-refractivity contribution is -0.131. The SMILES string of the molecule is CC(=O)c1cccc(NC/C=C/C(=O)O)c1. The van der Waals surface area contributed by atoms with Crippen molar-refractivity contribution in [3.63, 3.8) is 0 Å². The van der Waals surface area contributed by atoms with Gasteiger partial charge in [-0.25, -0.2) is 4.79 Å². The van der Waals surface area contributed by atoms with E-state index in [4.69, 9.17) is 5.11 Å². The lowest BCUT2D eigenvalue weighted by Crippen LogP contribution is -2.01. The number of carboxylic acids is 1. The molecule has 0 aromatic heterocycles. The quantitative estimate of drug-likeness (QED) is 0.586. The molecule has 2 N–H and O–H groups in total. The van der Waals surface area contributed by atoms with E-state index in [1.165, 1.54) is 13.0 Å². The minimum Gasteiger partial charge on any atom is -0.478 e. The lowest BCUT2D eigenvalue weighted by Gasteiger charge is -2.04. The number of ketones is 1. The lowest BCUT2D eigenvalue weighted by atomic mass is 10.1. The molecule has 0 bridgehead atoms. The zero-order valence-corrected chi connectivity index (χ0v) is 8.93. The minimum absolute atomic E-state index is 0.00438. The van der Waals surface area contributed by atoms with Crippen LogP contribution in [0, 0.1) is 0 Å². The molecule has 0 spiro atoms. The number of carbonyl (C=O) groups excluding carboxylic acids is 1. The molecular weight excluding hydrogens is 206 g/mol. The van der Waals surface area contributed by atoms with Crippen LogP contribution in [0.1, 0.15) is 17.3 Å². The van der Waals surface area contributed by atoms with Crippen molar-refractivity contribution in [1.82, 2.24) is 0 Å². The molecule has 1 aromatic rings. The second-order valence-corrected chi connectivity index (χ2v) is 3.26. The minimum atomic E-state index is -0.973. The Balaban J connectivity index is 2.57. The molecular formula is C12H13NO3. The standard InChI is InChI=1S/C12H13NO3/c1-9(14)10-4-2-5-11(8-10)13-7-3-6-12(15)16/h2-6,8,13H,7H2,1H3,(H,15,16)/b6-3+. The Morgan fingerprint density at radius 1 is 1.44 bits per heavy atom. The highest BCUT2D eigenvalue weighted by Gasteiger charge is 1.98. The van der Waals surface area contributed by atoms with Crippen molar-refractivity contribution in [2.24, 2.45) is 0 Å². The molecule has 0 saturated carbocycles. The highest BCUT2D eigenvalue weighted by molar-refractivity contribution is 5.94. The number of Topliss-reactive ketones (excluding diaryl/α,β-unsaturated/α-hetero) is 1. The van der Waals surface area contributed by atoms with Gasteiger partial charge in [-0.2, -0.15) is 0 Å². The van der Waals surface area contributed by atoms with Crippen LogP contribution in [0.4, 0.5) is 5.69 Å². The number of carbonyl (C=O) groups is 2.